The van der Waals surface area contributed by atoms with Crippen LogP contribution in [0.5, 0.6) is 5.75 Å². The van der Waals surface area contributed by atoms with Crippen LogP contribution in [0.4, 0.5) is 0 Å². The summed E-state index contributed by atoms with van der Waals surface area (Å²) in [6.07, 6.45) is -0.330. The Hall–Kier alpha value is -2.39. The fourth-order valence-corrected chi connectivity index (χ4v) is 3.18. The molecule has 0 N–H and O–H groups in total. The van der Waals surface area contributed by atoms with E-state index in [-0.39, 0.29) is 32.6 Å². The van der Waals surface area contributed by atoms with Crippen molar-refractivity contribution in [2.24, 2.45) is 0 Å². The zero-order chi connectivity index (χ0) is 20.6. The number of rotatable bonds is 3. The van der Waals surface area contributed by atoms with E-state index in [1.165, 1.54) is 13.0 Å². The second kappa shape index (κ2) is 9.61. The summed E-state index contributed by atoms with van der Waals surface area (Å²) in [4.78, 5) is 36.1. The van der Waals surface area contributed by atoms with Crippen molar-refractivity contribution in [3.63, 3.8) is 0 Å². The molecule has 2 aromatic rings. The number of allylic oxidation sites excluding steroid dienone is 1. The molecule has 7 nitrogen and oxygen atoms in total. The van der Waals surface area contributed by atoms with Crippen LogP contribution in [0.15, 0.2) is 45.1 Å². The first-order valence-electron chi connectivity index (χ1n) is 8.91. The van der Waals surface area contributed by atoms with Gasteiger partial charge in [-0.15, -0.1) is 0 Å². The summed E-state index contributed by atoms with van der Waals surface area (Å²) in [6, 6.07) is 6.37. The maximum absolute atomic E-state index is 12.4. The first kappa shape index (κ1) is 25.6. The van der Waals surface area contributed by atoms with Crippen molar-refractivity contribution in [2.75, 3.05) is 0 Å². The molecule has 0 saturated heterocycles. The maximum Gasteiger partial charge on any atom is 0.336 e. The van der Waals surface area contributed by atoms with E-state index in [9.17, 15) is 14.4 Å². The Bertz CT molecular complexity index is 1040. The zero-order valence-corrected chi connectivity index (χ0v) is 19.4. The van der Waals surface area contributed by atoms with Crippen molar-refractivity contribution in [3.05, 3.63) is 51.9 Å². The van der Waals surface area contributed by atoms with Crippen LogP contribution in [0.25, 0.3) is 11.0 Å². The number of carbonyl (C=O) groups is 2. The van der Waals surface area contributed by atoms with Gasteiger partial charge in [0.05, 0.1) is 5.56 Å². The molecule has 1 aliphatic heterocycles. The lowest BCUT2D eigenvalue weighted by molar-refractivity contribution is -0.186. The minimum atomic E-state index is -1.00. The Labute approximate surface area is 188 Å². The van der Waals surface area contributed by atoms with Gasteiger partial charge in [0.25, 0.3) is 0 Å². The molecule has 0 amide bonds. The van der Waals surface area contributed by atoms with Gasteiger partial charge in [-0.25, -0.2) is 9.59 Å². The molecule has 0 radical (unpaired) electrons. The molecule has 0 aliphatic carbocycles. The molecule has 2 atom stereocenters. The first-order valence-corrected chi connectivity index (χ1v) is 8.91. The van der Waals surface area contributed by atoms with Gasteiger partial charge in [0.1, 0.15) is 16.9 Å². The summed E-state index contributed by atoms with van der Waals surface area (Å²) in [5.41, 5.74) is -0.547. The SMILES string of the molecule is C/C=C(/C)C(=O)O[C@H]1[C@@H](OC(C)=O)c2c(ccc3ccc(=O)oc23)OC1(C)C.S.S. The van der Waals surface area contributed by atoms with Gasteiger partial charge in [-0.1, -0.05) is 6.08 Å². The van der Waals surface area contributed by atoms with Gasteiger partial charge in [-0.05, 0) is 45.9 Å². The van der Waals surface area contributed by atoms with Crippen molar-refractivity contribution in [3.8, 4) is 5.75 Å². The molecule has 1 aromatic carbocycles. The van der Waals surface area contributed by atoms with Crippen LogP contribution in [0.3, 0.4) is 0 Å². The molecular weight excluding hydrogens is 428 g/mol. The smallest absolute Gasteiger partial charge is 0.336 e. The van der Waals surface area contributed by atoms with Gasteiger partial charge in [0, 0.05) is 23.9 Å². The summed E-state index contributed by atoms with van der Waals surface area (Å²) in [5, 5.41) is 0.633. The Kier molecular flexibility index (Phi) is 8.22. The number of esters is 2. The van der Waals surface area contributed by atoms with Crippen LogP contribution in [-0.2, 0) is 19.1 Å². The first-order chi connectivity index (χ1) is 13.1. The average molecular weight is 455 g/mol. The molecule has 9 heteroatoms. The monoisotopic (exact) mass is 454 g/mol. The van der Waals surface area contributed by atoms with Gasteiger partial charge in [0.2, 0.25) is 0 Å². The third-order valence-corrected chi connectivity index (χ3v) is 4.69. The molecule has 1 aliphatic rings. The summed E-state index contributed by atoms with van der Waals surface area (Å²) in [5.74, 6) is -0.715. The lowest BCUT2D eigenvalue weighted by Crippen LogP contribution is -2.52. The van der Waals surface area contributed by atoms with Crippen LogP contribution in [0.2, 0.25) is 0 Å². The van der Waals surface area contributed by atoms with Crippen LogP contribution in [0.1, 0.15) is 46.3 Å². The van der Waals surface area contributed by atoms with Crippen LogP contribution in [-0.4, -0.2) is 23.6 Å². The van der Waals surface area contributed by atoms with Crippen LogP contribution in [0, 0.1) is 0 Å². The molecule has 0 spiro atoms. The highest BCUT2D eigenvalue weighted by Crippen LogP contribution is 2.46. The highest BCUT2D eigenvalue weighted by Gasteiger charge is 2.50. The number of fused-ring (bicyclic) bond motifs is 3. The van der Waals surface area contributed by atoms with Crippen molar-refractivity contribution >= 4 is 49.9 Å². The highest BCUT2D eigenvalue weighted by molar-refractivity contribution is 7.59. The Balaban J connectivity index is 0.00000225. The van der Waals surface area contributed by atoms with Gasteiger partial charge in [-0.3, -0.25) is 4.79 Å². The van der Waals surface area contributed by atoms with Crippen molar-refractivity contribution < 1.29 is 28.2 Å². The predicted molar refractivity (Wildman–Crippen MR) is 122 cm³/mol. The molecule has 1 aromatic heterocycles. The summed E-state index contributed by atoms with van der Waals surface area (Å²) in [7, 11) is 0. The number of hydrogen-bond acceptors (Lipinski definition) is 7. The lowest BCUT2D eigenvalue weighted by Gasteiger charge is -2.43. The van der Waals surface area contributed by atoms with E-state index in [0.717, 1.165) is 0 Å². The third-order valence-electron chi connectivity index (χ3n) is 4.69. The number of hydrogen-bond donors (Lipinski definition) is 0. The Morgan fingerprint density at radius 1 is 1.07 bits per heavy atom. The Morgan fingerprint density at radius 2 is 1.70 bits per heavy atom. The fourth-order valence-electron chi connectivity index (χ4n) is 3.18. The molecule has 0 saturated carbocycles. The number of ether oxygens (including phenoxy) is 3. The van der Waals surface area contributed by atoms with Gasteiger partial charge < -0.3 is 18.6 Å². The normalized spacial score (nSPS) is 19.4. The standard InChI is InChI=1S/C21H22O7.2H2S/c1-6-11(2)20(24)27-19-18(25-12(3)22)16-14(28-21(19,4)5)9-7-13-8-10-15(23)26-17(13)16;;/h6-10,18-19H,1-5H3;2*1H2/b11-6-;;/t18-,19-;;/m0../s1. The molecule has 30 heavy (non-hydrogen) atoms. The summed E-state index contributed by atoms with van der Waals surface area (Å²) in [6.45, 7) is 8.09. The summed E-state index contributed by atoms with van der Waals surface area (Å²) >= 11 is 0. The highest BCUT2D eigenvalue weighted by atomic mass is 32.1. The second-order valence-corrected chi connectivity index (χ2v) is 7.18. The fraction of sp³-hybridized carbons (Fsp3) is 0.381. The van der Waals surface area contributed by atoms with Gasteiger partial charge in [-0.2, -0.15) is 27.0 Å². The van der Waals surface area contributed by atoms with Crippen LogP contribution < -0.4 is 10.4 Å². The van der Waals surface area contributed by atoms with Crippen molar-refractivity contribution in [2.45, 2.75) is 52.4 Å². The molecule has 164 valence electrons. The van der Waals surface area contributed by atoms with E-state index in [4.69, 9.17) is 18.6 Å². The average Bonchev–Trinajstić information content (AvgIpc) is 2.62. The summed E-state index contributed by atoms with van der Waals surface area (Å²) < 4.78 is 22.7. The number of benzene rings is 1. The molecule has 0 unspecified atom stereocenters. The quantitative estimate of drug-likeness (QED) is 0.397. The van der Waals surface area contributed by atoms with Crippen molar-refractivity contribution in [1.82, 2.24) is 0 Å². The van der Waals surface area contributed by atoms with Gasteiger partial charge >= 0.3 is 17.6 Å². The molecular formula is C21H26O7S2. The predicted octanol–water partition coefficient (Wildman–Crippen LogP) is 3.67. The van der Waals surface area contributed by atoms with E-state index in [2.05, 4.69) is 0 Å². The van der Waals surface area contributed by atoms with Gasteiger partial charge in [0.15, 0.2) is 12.2 Å². The Morgan fingerprint density at radius 3 is 2.30 bits per heavy atom. The second-order valence-electron chi connectivity index (χ2n) is 7.18. The van der Waals surface area contributed by atoms with Crippen LogP contribution >= 0.6 is 27.0 Å². The number of carbonyl (C=O) groups excluding carboxylic acids is 2. The molecule has 3 rings (SSSR count). The zero-order valence-electron chi connectivity index (χ0n) is 17.4. The van der Waals surface area contributed by atoms with E-state index in [1.807, 2.05) is 0 Å². The van der Waals surface area contributed by atoms with E-state index in [1.54, 1.807) is 52.0 Å². The lowest BCUT2D eigenvalue weighted by atomic mass is 9.87. The minimum Gasteiger partial charge on any atom is -0.483 e. The minimum absolute atomic E-state index is 0. The van der Waals surface area contributed by atoms with E-state index >= 15 is 0 Å². The molecule has 0 fully saturated rings. The largest absolute Gasteiger partial charge is 0.483 e. The van der Waals surface area contributed by atoms with E-state index in [0.29, 0.717) is 22.3 Å². The van der Waals surface area contributed by atoms with E-state index < -0.39 is 35.4 Å². The molecule has 2 heterocycles. The third kappa shape index (κ3) is 4.84. The topological polar surface area (TPSA) is 92.0 Å². The van der Waals surface area contributed by atoms with Crippen molar-refractivity contribution in [1.29, 1.82) is 0 Å². The molecule has 0 bridgehead atoms. The maximum atomic E-state index is 12.4.